The van der Waals surface area contributed by atoms with Gasteiger partial charge in [0.15, 0.2) is 23.4 Å². The number of aryl methyl sites for hydroxylation is 1. The average Bonchev–Trinajstić information content (AvgIpc) is 3.17. The summed E-state index contributed by atoms with van der Waals surface area (Å²) in [5.41, 5.74) is 2.04. The summed E-state index contributed by atoms with van der Waals surface area (Å²) >= 11 is 5.99. The van der Waals surface area contributed by atoms with E-state index < -0.39 is 0 Å². The van der Waals surface area contributed by atoms with Crippen LogP contribution in [0.1, 0.15) is 25.3 Å². The second-order valence-corrected chi connectivity index (χ2v) is 7.61. The van der Waals surface area contributed by atoms with Gasteiger partial charge in [0.1, 0.15) is 5.75 Å². The molecule has 3 aromatic carbocycles. The third-order valence-electron chi connectivity index (χ3n) is 5.03. The molecular weight excluding hydrogens is 412 g/mol. The number of halogens is 1. The highest BCUT2D eigenvalue weighted by Gasteiger charge is 2.18. The largest absolute Gasteiger partial charge is 0.493 e. The molecule has 6 heteroatoms. The Hall–Kier alpha value is -3.18. The topological polar surface area (TPSA) is 45.5 Å². The molecule has 0 fully saturated rings. The average molecular weight is 437 g/mol. The Bertz CT molecular complexity index is 1140. The summed E-state index contributed by atoms with van der Waals surface area (Å²) in [7, 11) is 1.65. The van der Waals surface area contributed by atoms with Crippen LogP contribution >= 0.6 is 11.6 Å². The SMILES string of the molecule is COc1ccccc1OCCCn1c(C(C)Oc2ccc(Cl)cc2)nc2ccccc21. The molecule has 1 aromatic heterocycles. The normalized spacial score (nSPS) is 12.0. The maximum Gasteiger partial charge on any atom is 0.161 e. The van der Waals surface area contributed by atoms with Crippen molar-refractivity contribution in [3.63, 3.8) is 0 Å². The van der Waals surface area contributed by atoms with Crippen molar-refractivity contribution in [3.8, 4) is 17.2 Å². The predicted molar refractivity (Wildman–Crippen MR) is 123 cm³/mol. The Balaban J connectivity index is 1.49. The first kappa shape index (κ1) is 21.1. The van der Waals surface area contributed by atoms with E-state index in [9.17, 15) is 0 Å². The first-order valence-corrected chi connectivity index (χ1v) is 10.7. The number of hydrogen-bond acceptors (Lipinski definition) is 4. The van der Waals surface area contributed by atoms with Crippen molar-refractivity contribution in [3.05, 3.63) is 83.6 Å². The van der Waals surface area contributed by atoms with E-state index in [0.29, 0.717) is 11.6 Å². The predicted octanol–water partition coefficient (Wildman–Crippen LogP) is 6.31. The molecule has 0 amide bonds. The van der Waals surface area contributed by atoms with E-state index in [-0.39, 0.29) is 6.10 Å². The molecule has 5 nitrogen and oxygen atoms in total. The van der Waals surface area contributed by atoms with Crippen LogP contribution < -0.4 is 14.2 Å². The zero-order valence-electron chi connectivity index (χ0n) is 17.6. The van der Waals surface area contributed by atoms with Crippen LogP contribution in [0.5, 0.6) is 17.2 Å². The Labute approximate surface area is 187 Å². The highest BCUT2D eigenvalue weighted by molar-refractivity contribution is 6.30. The molecule has 0 aliphatic carbocycles. The van der Waals surface area contributed by atoms with Gasteiger partial charge >= 0.3 is 0 Å². The van der Waals surface area contributed by atoms with Crippen LogP contribution in [0.2, 0.25) is 5.02 Å². The van der Waals surface area contributed by atoms with Gasteiger partial charge in [-0.05, 0) is 61.9 Å². The summed E-state index contributed by atoms with van der Waals surface area (Å²) in [4.78, 5) is 4.84. The van der Waals surface area contributed by atoms with Crippen LogP contribution in [0.4, 0.5) is 0 Å². The molecule has 1 heterocycles. The van der Waals surface area contributed by atoms with Crippen LogP contribution in [0.25, 0.3) is 11.0 Å². The number of ether oxygens (including phenoxy) is 3. The molecule has 4 rings (SSSR count). The number of rotatable bonds is 9. The van der Waals surface area contributed by atoms with E-state index in [1.54, 1.807) is 7.11 Å². The lowest BCUT2D eigenvalue weighted by molar-refractivity contribution is 0.209. The van der Waals surface area contributed by atoms with Crippen LogP contribution in [-0.2, 0) is 6.54 Å². The molecule has 0 bridgehead atoms. The van der Waals surface area contributed by atoms with Crippen molar-refractivity contribution in [1.82, 2.24) is 9.55 Å². The van der Waals surface area contributed by atoms with Crippen LogP contribution in [0.3, 0.4) is 0 Å². The summed E-state index contributed by atoms with van der Waals surface area (Å²) in [5, 5.41) is 0.683. The highest BCUT2D eigenvalue weighted by Crippen LogP contribution is 2.28. The number of benzene rings is 3. The molecule has 0 radical (unpaired) electrons. The number of aromatic nitrogens is 2. The monoisotopic (exact) mass is 436 g/mol. The fourth-order valence-electron chi connectivity index (χ4n) is 3.55. The van der Waals surface area contributed by atoms with E-state index in [4.69, 9.17) is 30.8 Å². The van der Waals surface area contributed by atoms with Crippen molar-refractivity contribution >= 4 is 22.6 Å². The van der Waals surface area contributed by atoms with Crippen molar-refractivity contribution in [2.45, 2.75) is 26.0 Å². The molecule has 0 N–H and O–H groups in total. The van der Waals surface area contributed by atoms with Gasteiger partial charge in [-0.25, -0.2) is 4.98 Å². The molecule has 1 unspecified atom stereocenters. The first-order valence-electron chi connectivity index (χ1n) is 10.3. The van der Waals surface area contributed by atoms with Gasteiger partial charge < -0.3 is 18.8 Å². The first-order chi connectivity index (χ1) is 15.2. The second kappa shape index (κ2) is 9.75. The quantitative estimate of drug-likeness (QED) is 0.288. The Kier molecular flexibility index (Phi) is 6.63. The zero-order chi connectivity index (χ0) is 21.6. The van der Waals surface area contributed by atoms with E-state index in [1.165, 1.54) is 0 Å². The minimum atomic E-state index is -0.219. The summed E-state index contributed by atoms with van der Waals surface area (Å²) in [6.45, 7) is 3.34. The van der Waals surface area contributed by atoms with E-state index in [0.717, 1.165) is 47.1 Å². The second-order valence-electron chi connectivity index (χ2n) is 7.18. The summed E-state index contributed by atoms with van der Waals surface area (Å²) in [6, 6.07) is 23.2. The van der Waals surface area contributed by atoms with Gasteiger partial charge in [-0.2, -0.15) is 0 Å². The lowest BCUT2D eigenvalue weighted by atomic mass is 10.3. The number of methoxy groups -OCH3 is 1. The minimum Gasteiger partial charge on any atom is -0.493 e. The van der Waals surface area contributed by atoms with Crippen molar-refractivity contribution < 1.29 is 14.2 Å². The Morgan fingerprint density at radius 1 is 0.935 bits per heavy atom. The molecule has 0 spiro atoms. The summed E-state index contributed by atoms with van der Waals surface area (Å²) in [6.07, 6.45) is 0.600. The molecule has 0 aliphatic rings. The van der Waals surface area contributed by atoms with Gasteiger partial charge in [-0.3, -0.25) is 0 Å². The van der Waals surface area contributed by atoms with Crippen LogP contribution in [-0.4, -0.2) is 23.3 Å². The number of para-hydroxylation sites is 4. The molecule has 0 aliphatic heterocycles. The van der Waals surface area contributed by atoms with Gasteiger partial charge in [0.2, 0.25) is 0 Å². The maximum atomic E-state index is 6.14. The number of imidazole rings is 1. The molecule has 0 saturated heterocycles. The Morgan fingerprint density at radius 2 is 1.65 bits per heavy atom. The molecular formula is C25H25ClN2O3. The smallest absolute Gasteiger partial charge is 0.161 e. The molecule has 0 saturated carbocycles. The molecule has 31 heavy (non-hydrogen) atoms. The molecule has 1 atom stereocenters. The fourth-order valence-corrected chi connectivity index (χ4v) is 3.68. The number of nitrogens with zero attached hydrogens (tertiary/aromatic N) is 2. The number of fused-ring (bicyclic) bond motifs is 1. The standard InChI is InChI=1S/C25H25ClN2O3/c1-18(31-20-14-12-19(26)13-15-20)25-27-21-8-3-4-9-22(21)28(25)16-7-17-30-24-11-6-5-10-23(24)29-2/h3-6,8-15,18H,7,16-17H2,1-2H3. The van der Waals surface area contributed by atoms with Crippen molar-refractivity contribution in [1.29, 1.82) is 0 Å². The van der Waals surface area contributed by atoms with Gasteiger partial charge in [0, 0.05) is 11.6 Å². The van der Waals surface area contributed by atoms with E-state index in [1.807, 2.05) is 73.7 Å². The molecule has 160 valence electrons. The third kappa shape index (κ3) is 4.94. The van der Waals surface area contributed by atoms with Crippen molar-refractivity contribution in [2.75, 3.05) is 13.7 Å². The third-order valence-corrected chi connectivity index (χ3v) is 5.28. The van der Waals surface area contributed by atoms with Crippen LogP contribution in [0, 0.1) is 0 Å². The van der Waals surface area contributed by atoms with E-state index >= 15 is 0 Å². The summed E-state index contributed by atoms with van der Waals surface area (Å²) < 4.78 is 19.7. The lowest BCUT2D eigenvalue weighted by Gasteiger charge is -2.17. The van der Waals surface area contributed by atoms with Crippen LogP contribution in [0.15, 0.2) is 72.8 Å². The Morgan fingerprint density at radius 3 is 2.42 bits per heavy atom. The fraction of sp³-hybridized carbons (Fsp3) is 0.240. The van der Waals surface area contributed by atoms with Gasteiger partial charge in [0.05, 0.1) is 24.8 Å². The number of hydrogen-bond donors (Lipinski definition) is 0. The van der Waals surface area contributed by atoms with Crippen molar-refractivity contribution in [2.24, 2.45) is 0 Å². The van der Waals surface area contributed by atoms with Gasteiger partial charge in [-0.15, -0.1) is 0 Å². The zero-order valence-corrected chi connectivity index (χ0v) is 18.4. The highest BCUT2D eigenvalue weighted by atomic mass is 35.5. The minimum absolute atomic E-state index is 0.219. The van der Waals surface area contributed by atoms with Gasteiger partial charge in [-0.1, -0.05) is 35.9 Å². The summed E-state index contributed by atoms with van der Waals surface area (Å²) in [5.74, 6) is 3.13. The lowest BCUT2D eigenvalue weighted by Crippen LogP contribution is -2.13. The van der Waals surface area contributed by atoms with Gasteiger partial charge in [0.25, 0.3) is 0 Å². The molecule has 4 aromatic rings. The maximum absolute atomic E-state index is 6.14. The van der Waals surface area contributed by atoms with E-state index in [2.05, 4.69) is 10.6 Å².